The van der Waals surface area contributed by atoms with Crippen LogP contribution >= 0.6 is 0 Å². The Kier molecular flexibility index (Phi) is 3.83. The number of benzene rings is 1. The molecule has 1 rings (SSSR count). The number of hydrogen-bond donors (Lipinski definition) is 2. The van der Waals surface area contributed by atoms with Gasteiger partial charge in [-0.1, -0.05) is 31.2 Å². The van der Waals surface area contributed by atoms with E-state index in [-0.39, 0.29) is 5.78 Å². The van der Waals surface area contributed by atoms with Crippen LogP contribution in [0.4, 0.5) is 0 Å². The van der Waals surface area contributed by atoms with E-state index in [2.05, 4.69) is 0 Å². The zero-order valence-corrected chi connectivity index (χ0v) is 9.90. The molecule has 0 amide bonds. The van der Waals surface area contributed by atoms with E-state index in [1.807, 2.05) is 6.92 Å². The number of carbonyl (C=O) groups excluding carboxylic acids is 1. The summed E-state index contributed by atoms with van der Waals surface area (Å²) in [6.45, 7) is 4.88. The van der Waals surface area contributed by atoms with Gasteiger partial charge in [0.15, 0.2) is 5.78 Å². The van der Waals surface area contributed by atoms with Gasteiger partial charge in [0.25, 0.3) is 0 Å². The van der Waals surface area contributed by atoms with Gasteiger partial charge in [0, 0.05) is 5.56 Å². The van der Waals surface area contributed by atoms with Crippen molar-refractivity contribution in [2.45, 2.75) is 38.9 Å². The van der Waals surface area contributed by atoms with E-state index in [1.165, 1.54) is 6.92 Å². The van der Waals surface area contributed by atoms with Crippen LogP contribution in [-0.4, -0.2) is 22.1 Å². The van der Waals surface area contributed by atoms with E-state index >= 15 is 0 Å². The smallest absolute Gasteiger partial charge is 0.159 e. The lowest BCUT2D eigenvalue weighted by Gasteiger charge is -2.29. The van der Waals surface area contributed by atoms with E-state index in [1.54, 1.807) is 31.2 Å². The van der Waals surface area contributed by atoms with Gasteiger partial charge in [-0.15, -0.1) is 0 Å². The minimum Gasteiger partial charge on any atom is -0.390 e. The lowest BCUT2D eigenvalue weighted by atomic mass is 9.88. The molecule has 0 aliphatic rings. The van der Waals surface area contributed by atoms with Gasteiger partial charge in [-0.05, 0) is 25.8 Å². The topological polar surface area (TPSA) is 57.5 Å². The molecular formula is C13H18O3. The van der Waals surface area contributed by atoms with E-state index < -0.39 is 11.7 Å². The summed E-state index contributed by atoms with van der Waals surface area (Å²) in [6.07, 6.45) is -0.336. The average molecular weight is 222 g/mol. The Morgan fingerprint density at radius 2 is 1.88 bits per heavy atom. The SMILES string of the molecule is CCC(O)C(C)(O)c1ccc(C(C)=O)cc1. The molecule has 2 N–H and O–H groups in total. The van der Waals surface area contributed by atoms with Crippen molar-refractivity contribution in [2.75, 3.05) is 0 Å². The average Bonchev–Trinajstić information content (AvgIpc) is 2.28. The normalized spacial score (nSPS) is 16.6. The van der Waals surface area contributed by atoms with Crippen molar-refractivity contribution in [3.8, 4) is 0 Å². The Labute approximate surface area is 95.7 Å². The summed E-state index contributed by atoms with van der Waals surface area (Å²) in [6, 6.07) is 6.67. The minimum absolute atomic E-state index is 0.0118. The molecule has 0 bridgehead atoms. The van der Waals surface area contributed by atoms with Gasteiger partial charge in [-0.3, -0.25) is 4.79 Å². The van der Waals surface area contributed by atoms with Gasteiger partial charge in [0.05, 0.1) is 6.10 Å². The number of rotatable bonds is 4. The Balaban J connectivity index is 3.01. The van der Waals surface area contributed by atoms with Gasteiger partial charge in [0.1, 0.15) is 5.60 Å². The number of ketones is 1. The van der Waals surface area contributed by atoms with Crippen molar-refractivity contribution in [3.05, 3.63) is 35.4 Å². The van der Waals surface area contributed by atoms with Gasteiger partial charge in [0.2, 0.25) is 0 Å². The monoisotopic (exact) mass is 222 g/mol. The summed E-state index contributed by atoms with van der Waals surface area (Å²) >= 11 is 0. The van der Waals surface area contributed by atoms with E-state index in [0.717, 1.165) is 0 Å². The highest BCUT2D eigenvalue weighted by Crippen LogP contribution is 2.26. The molecule has 0 saturated heterocycles. The van der Waals surface area contributed by atoms with Gasteiger partial charge < -0.3 is 10.2 Å². The van der Waals surface area contributed by atoms with E-state index in [4.69, 9.17) is 0 Å². The molecule has 3 heteroatoms. The molecule has 0 aromatic heterocycles. The number of Topliss-reactive ketones (excluding diaryl/α,β-unsaturated/α-hetero) is 1. The zero-order valence-electron chi connectivity index (χ0n) is 9.90. The maximum atomic E-state index is 11.1. The molecular weight excluding hydrogens is 204 g/mol. The highest BCUT2D eigenvalue weighted by Gasteiger charge is 2.30. The second kappa shape index (κ2) is 4.76. The van der Waals surface area contributed by atoms with Gasteiger partial charge in [-0.25, -0.2) is 0 Å². The third-order valence-corrected chi connectivity index (χ3v) is 2.91. The molecule has 0 aliphatic carbocycles. The summed E-state index contributed by atoms with van der Waals surface area (Å²) in [5.41, 5.74) is -0.0539. The first-order chi connectivity index (χ1) is 7.39. The summed E-state index contributed by atoms with van der Waals surface area (Å²) in [4.78, 5) is 11.1. The first-order valence-corrected chi connectivity index (χ1v) is 5.41. The predicted octanol–water partition coefficient (Wildman–Crippen LogP) is 1.87. The molecule has 0 fully saturated rings. The largest absolute Gasteiger partial charge is 0.390 e. The first-order valence-electron chi connectivity index (χ1n) is 5.41. The zero-order chi connectivity index (χ0) is 12.3. The van der Waals surface area contributed by atoms with Crippen LogP contribution in [0.5, 0.6) is 0 Å². The molecule has 1 aromatic rings. The number of aliphatic hydroxyl groups excluding tert-OH is 1. The molecule has 1 aromatic carbocycles. The van der Waals surface area contributed by atoms with Crippen LogP contribution in [0.3, 0.4) is 0 Å². The van der Waals surface area contributed by atoms with Crippen LogP contribution in [0.1, 0.15) is 43.1 Å². The molecule has 2 atom stereocenters. The van der Waals surface area contributed by atoms with Crippen LogP contribution in [0, 0.1) is 0 Å². The fraction of sp³-hybridized carbons (Fsp3) is 0.462. The molecule has 0 aliphatic heterocycles. The van der Waals surface area contributed by atoms with E-state index in [0.29, 0.717) is 17.5 Å². The summed E-state index contributed by atoms with van der Waals surface area (Å²) in [5.74, 6) is -0.0118. The van der Waals surface area contributed by atoms with Crippen molar-refractivity contribution in [1.82, 2.24) is 0 Å². The van der Waals surface area contributed by atoms with Crippen LogP contribution in [0.15, 0.2) is 24.3 Å². The fourth-order valence-corrected chi connectivity index (χ4v) is 1.63. The molecule has 16 heavy (non-hydrogen) atoms. The molecule has 0 spiro atoms. The van der Waals surface area contributed by atoms with Crippen molar-refractivity contribution in [3.63, 3.8) is 0 Å². The van der Waals surface area contributed by atoms with Crippen molar-refractivity contribution in [1.29, 1.82) is 0 Å². The number of hydrogen-bond acceptors (Lipinski definition) is 3. The Bertz CT molecular complexity index is 365. The second-order valence-electron chi connectivity index (χ2n) is 4.21. The maximum Gasteiger partial charge on any atom is 0.159 e. The summed E-state index contributed by atoms with van der Waals surface area (Å²) in [5, 5.41) is 19.8. The van der Waals surface area contributed by atoms with E-state index in [9.17, 15) is 15.0 Å². The molecule has 0 saturated carbocycles. The quantitative estimate of drug-likeness (QED) is 0.765. The standard InChI is InChI=1S/C13H18O3/c1-4-12(15)13(3,16)11-7-5-10(6-8-11)9(2)14/h5-8,12,15-16H,4H2,1-3H3. The summed E-state index contributed by atoms with van der Waals surface area (Å²) < 4.78 is 0. The van der Waals surface area contributed by atoms with Crippen molar-refractivity contribution >= 4 is 5.78 Å². The third kappa shape index (κ3) is 2.49. The molecule has 3 nitrogen and oxygen atoms in total. The number of aliphatic hydroxyl groups is 2. The van der Waals surface area contributed by atoms with Crippen molar-refractivity contribution < 1.29 is 15.0 Å². The minimum atomic E-state index is -1.27. The van der Waals surface area contributed by atoms with Crippen molar-refractivity contribution in [2.24, 2.45) is 0 Å². The highest BCUT2D eigenvalue weighted by atomic mass is 16.3. The lowest BCUT2D eigenvalue weighted by molar-refractivity contribution is -0.0678. The molecule has 0 radical (unpaired) electrons. The summed E-state index contributed by atoms with van der Waals surface area (Å²) in [7, 11) is 0. The second-order valence-corrected chi connectivity index (χ2v) is 4.21. The fourth-order valence-electron chi connectivity index (χ4n) is 1.63. The Morgan fingerprint density at radius 1 is 1.38 bits per heavy atom. The maximum absolute atomic E-state index is 11.1. The van der Waals surface area contributed by atoms with Gasteiger partial charge in [-0.2, -0.15) is 0 Å². The Hall–Kier alpha value is -1.19. The third-order valence-electron chi connectivity index (χ3n) is 2.91. The predicted molar refractivity (Wildman–Crippen MR) is 62.3 cm³/mol. The molecule has 2 unspecified atom stereocenters. The molecule has 0 heterocycles. The number of carbonyl (C=O) groups is 1. The lowest BCUT2D eigenvalue weighted by Crippen LogP contribution is -2.35. The van der Waals surface area contributed by atoms with Gasteiger partial charge >= 0.3 is 0 Å². The van der Waals surface area contributed by atoms with Crippen LogP contribution < -0.4 is 0 Å². The molecule has 88 valence electrons. The van der Waals surface area contributed by atoms with Crippen LogP contribution in [0.2, 0.25) is 0 Å². The Morgan fingerprint density at radius 3 is 2.25 bits per heavy atom. The first kappa shape index (κ1) is 12.9. The van der Waals surface area contributed by atoms with Crippen LogP contribution in [0.25, 0.3) is 0 Å². The van der Waals surface area contributed by atoms with Crippen LogP contribution in [-0.2, 0) is 5.60 Å². The highest BCUT2D eigenvalue weighted by molar-refractivity contribution is 5.94.